The van der Waals surface area contributed by atoms with Crippen molar-refractivity contribution in [2.45, 2.75) is 61.2 Å². The molecule has 0 saturated carbocycles. The number of hydrogen-bond donors (Lipinski definition) is 0. The Kier molecular flexibility index (Phi) is 6.93. The summed E-state index contributed by atoms with van der Waals surface area (Å²) < 4.78 is 28.8. The van der Waals surface area contributed by atoms with Crippen molar-refractivity contribution < 1.29 is 17.7 Å². The molecule has 0 aliphatic carbocycles. The summed E-state index contributed by atoms with van der Waals surface area (Å²) in [5.74, 6) is 2.91. The lowest BCUT2D eigenvalue weighted by Gasteiger charge is -2.36. The number of benzene rings is 4. The Morgan fingerprint density at radius 1 is 0.600 bits per heavy atom. The van der Waals surface area contributed by atoms with E-state index in [-0.39, 0.29) is 0 Å². The average molecular weight is 617 g/mol. The third-order valence-electron chi connectivity index (χ3n) is 7.41. The van der Waals surface area contributed by atoms with Crippen molar-refractivity contribution in [2.24, 2.45) is 0 Å². The lowest BCUT2D eigenvalue weighted by molar-refractivity contribution is 0.143. The van der Waals surface area contributed by atoms with Crippen LogP contribution >= 0.6 is 15.9 Å². The zero-order valence-electron chi connectivity index (χ0n) is 23.9. The minimum atomic E-state index is -4.01. The molecule has 0 aromatic heterocycles. The zero-order valence-corrected chi connectivity index (χ0v) is 26.4. The molecule has 206 valence electrons. The normalized spacial score (nSPS) is 19.5. The highest BCUT2D eigenvalue weighted by atomic mass is 79.9. The van der Waals surface area contributed by atoms with Crippen LogP contribution in [0.2, 0.25) is 0 Å². The van der Waals surface area contributed by atoms with Gasteiger partial charge in [-0.25, -0.2) is 0 Å². The van der Waals surface area contributed by atoms with E-state index in [1.54, 1.807) is 0 Å². The predicted molar refractivity (Wildman–Crippen MR) is 163 cm³/mol. The summed E-state index contributed by atoms with van der Waals surface area (Å²) in [6.07, 6.45) is 0. The highest BCUT2D eigenvalue weighted by Gasteiger charge is 2.60. The number of halogens is 1. The molecule has 0 radical (unpaired) electrons. The fourth-order valence-electron chi connectivity index (χ4n) is 5.95. The van der Waals surface area contributed by atoms with Crippen LogP contribution in [-0.2, 0) is 19.6 Å². The Hall–Kier alpha value is -3.26. The summed E-state index contributed by atoms with van der Waals surface area (Å²) in [6.45, 7) is 14.8. The van der Waals surface area contributed by atoms with Crippen LogP contribution in [0.3, 0.4) is 0 Å². The van der Waals surface area contributed by atoms with Crippen LogP contribution in [0.15, 0.2) is 65.1 Å². The fraction of sp³-hybridized carbons (Fsp3) is 0.273. The van der Waals surface area contributed by atoms with Crippen molar-refractivity contribution in [1.29, 1.82) is 0 Å². The second-order valence-electron chi connectivity index (χ2n) is 11.2. The molecule has 5 nitrogen and oxygen atoms in total. The highest BCUT2D eigenvalue weighted by Crippen LogP contribution is 2.40. The second kappa shape index (κ2) is 10.3. The smallest absolute Gasteiger partial charge is 0.452 e. The minimum Gasteiger partial charge on any atom is -0.452 e. The topological polar surface area (TPSA) is 40.2 Å². The van der Waals surface area contributed by atoms with E-state index < -0.39 is 9.05 Å². The summed E-state index contributed by atoms with van der Waals surface area (Å²) in [7, 11) is -4.01. The monoisotopic (exact) mass is 615 g/mol. The van der Waals surface area contributed by atoms with Crippen LogP contribution in [0.1, 0.15) is 50.1 Å². The van der Waals surface area contributed by atoms with Gasteiger partial charge in [-0.3, -0.25) is 4.90 Å². The number of hydrogen-bond acceptors (Lipinski definition) is 5. The number of rotatable bonds is 2. The van der Waals surface area contributed by atoms with Crippen molar-refractivity contribution in [3.8, 4) is 23.0 Å². The average Bonchev–Trinajstić information content (AvgIpc) is 2.86. The van der Waals surface area contributed by atoms with Crippen LogP contribution in [0, 0.1) is 41.5 Å². The van der Waals surface area contributed by atoms with Crippen LogP contribution in [0.4, 0.5) is 0 Å². The van der Waals surface area contributed by atoms with Crippen LogP contribution in [0.5, 0.6) is 23.0 Å². The maximum absolute atomic E-state index is 7.02. The molecular formula is C33H34BrNO4Si. The van der Waals surface area contributed by atoms with E-state index in [0.29, 0.717) is 5.75 Å². The molecule has 0 saturated heterocycles. The molecule has 40 heavy (non-hydrogen) atoms. The van der Waals surface area contributed by atoms with Crippen molar-refractivity contribution in [1.82, 2.24) is 4.90 Å². The minimum absolute atomic E-state index is 0.620. The van der Waals surface area contributed by atoms with Gasteiger partial charge in [0.25, 0.3) is 0 Å². The van der Waals surface area contributed by atoms with Gasteiger partial charge in [-0.15, -0.1) is 0 Å². The first-order valence-corrected chi connectivity index (χ1v) is 16.0. The van der Waals surface area contributed by atoms with Gasteiger partial charge in [-0.1, -0.05) is 69.0 Å². The lowest BCUT2D eigenvalue weighted by Crippen LogP contribution is -2.61. The molecule has 3 aliphatic rings. The molecule has 0 unspecified atom stereocenters. The standard InChI is InChI=1S/C33H34BrNO4Si/c1-20-11-23(4)31-26(14-20)17-35-18-27-15-21(2)12-24(5)32(27)38-40(37-31,36-30-9-7-29(34)8-10-30)39-33-25(6)13-22(3)16-28(33)19-35/h7-16H,17-19H2,1-6H3. The molecule has 0 fully saturated rings. The van der Waals surface area contributed by atoms with Crippen LogP contribution < -0.4 is 17.7 Å². The largest absolute Gasteiger partial charge is 0.966 e. The summed E-state index contributed by atoms with van der Waals surface area (Å²) in [5, 5.41) is 0. The summed E-state index contributed by atoms with van der Waals surface area (Å²) in [4.78, 5) is 2.46. The molecular weight excluding hydrogens is 582 g/mol. The van der Waals surface area contributed by atoms with E-state index in [1.165, 1.54) is 16.7 Å². The summed E-state index contributed by atoms with van der Waals surface area (Å²) in [5.41, 5.74) is 9.96. The van der Waals surface area contributed by atoms with Crippen LogP contribution in [-0.4, -0.2) is 13.9 Å². The van der Waals surface area contributed by atoms with Gasteiger partial charge in [-0.2, -0.15) is 0 Å². The van der Waals surface area contributed by atoms with Crippen molar-refractivity contribution >= 4 is 25.0 Å². The van der Waals surface area contributed by atoms with Gasteiger partial charge in [0, 0.05) is 40.8 Å². The van der Waals surface area contributed by atoms with E-state index >= 15 is 0 Å². The van der Waals surface area contributed by atoms with Crippen molar-refractivity contribution in [3.63, 3.8) is 0 Å². The van der Waals surface area contributed by atoms with Gasteiger partial charge in [0.1, 0.15) is 23.0 Å². The van der Waals surface area contributed by atoms with E-state index in [9.17, 15) is 0 Å². The fourth-order valence-corrected chi connectivity index (χ4v) is 8.52. The molecule has 0 atom stereocenters. The SMILES string of the molecule is Cc1cc(C)c2c(c1)CN1Cc3cc(C)cc(C)c3O[Si](Oc3ccc(Br)cc3)(O2)Oc2c(C)cc(C)cc2C1. The maximum atomic E-state index is 7.02. The highest BCUT2D eigenvalue weighted by molar-refractivity contribution is 9.10. The van der Waals surface area contributed by atoms with E-state index in [0.717, 1.165) is 74.7 Å². The molecule has 3 aliphatic heterocycles. The molecule has 4 aromatic rings. The third kappa shape index (κ3) is 5.26. The third-order valence-corrected chi connectivity index (χ3v) is 9.78. The quantitative estimate of drug-likeness (QED) is 0.213. The Morgan fingerprint density at radius 2 is 0.975 bits per heavy atom. The van der Waals surface area contributed by atoms with E-state index in [4.69, 9.17) is 17.7 Å². The first-order valence-electron chi connectivity index (χ1n) is 13.6. The Labute approximate surface area is 246 Å². The Balaban J connectivity index is 1.65. The van der Waals surface area contributed by atoms with Gasteiger partial charge in [0.05, 0.1) is 0 Å². The Morgan fingerprint density at radius 3 is 1.35 bits per heavy atom. The van der Waals surface area contributed by atoms with Gasteiger partial charge >= 0.3 is 9.05 Å². The maximum Gasteiger partial charge on any atom is 0.966 e. The van der Waals surface area contributed by atoms with Crippen molar-refractivity contribution in [2.75, 3.05) is 0 Å². The molecule has 0 amide bonds. The second-order valence-corrected chi connectivity index (χ2v) is 13.9. The van der Waals surface area contributed by atoms with E-state index in [1.807, 2.05) is 24.3 Å². The first kappa shape index (κ1) is 26.9. The number of nitrogens with zero attached hydrogens (tertiary/aromatic N) is 1. The Bertz CT molecular complexity index is 1460. The molecule has 2 bridgehead atoms. The molecule has 4 aromatic carbocycles. The van der Waals surface area contributed by atoms with Gasteiger partial charge in [0.15, 0.2) is 0 Å². The first-order chi connectivity index (χ1) is 19.1. The lowest BCUT2D eigenvalue weighted by atomic mass is 10.0. The molecule has 0 spiro atoms. The summed E-state index contributed by atoms with van der Waals surface area (Å²) >= 11 is 3.54. The zero-order chi connectivity index (χ0) is 28.2. The predicted octanol–water partition coefficient (Wildman–Crippen LogP) is 8.18. The van der Waals surface area contributed by atoms with Gasteiger partial charge < -0.3 is 17.7 Å². The molecule has 3 heterocycles. The molecule has 7 rings (SSSR count). The van der Waals surface area contributed by atoms with Crippen LogP contribution in [0.25, 0.3) is 0 Å². The summed E-state index contributed by atoms with van der Waals surface area (Å²) in [6, 6.07) is 20.8. The molecule has 0 N–H and O–H groups in total. The van der Waals surface area contributed by atoms with Gasteiger partial charge in [-0.05, 0) is 82.5 Å². The van der Waals surface area contributed by atoms with Crippen molar-refractivity contribution in [3.05, 3.63) is 115 Å². The van der Waals surface area contributed by atoms with Gasteiger partial charge in [0.2, 0.25) is 0 Å². The number of aryl methyl sites for hydroxylation is 6. The molecule has 7 heteroatoms. The van der Waals surface area contributed by atoms with E-state index in [2.05, 4.69) is 98.8 Å².